The zero-order valence-electron chi connectivity index (χ0n) is 20.9. The summed E-state index contributed by atoms with van der Waals surface area (Å²) in [6.45, 7) is 13.3. The minimum atomic E-state index is -0.916. The molecule has 0 saturated carbocycles. The van der Waals surface area contributed by atoms with E-state index in [0.29, 0.717) is 0 Å². The molecule has 0 aliphatic carbocycles. The maximum atomic E-state index is 12.4. The second-order valence-corrected chi connectivity index (χ2v) is 12.2. The van der Waals surface area contributed by atoms with Gasteiger partial charge in [0.1, 0.15) is 11.6 Å². The second kappa shape index (κ2) is 11.0. The molecule has 2 unspecified atom stereocenters. The highest BCUT2D eigenvalue weighted by molar-refractivity contribution is 8.48. The fraction of sp³-hybridized carbons (Fsp3) is 0.636. The van der Waals surface area contributed by atoms with Gasteiger partial charge < -0.3 is 28.6 Å². The van der Waals surface area contributed by atoms with Gasteiger partial charge in [-0.25, -0.2) is 9.59 Å². The number of hydrogen-bond donors (Lipinski definition) is 1. The molecule has 0 aromatic heterocycles. The first-order valence-electron chi connectivity index (χ1n) is 10.7. The number of nitrogens with one attached hydrogen (secondary N) is 1. The Morgan fingerprint density at radius 3 is 2.24 bits per heavy atom. The van der Waals surface area contributed by atoms with Crippen LogP contribution in [0.5, 0.6) is 0 Å². The van der Waals surface area contributed by atoms with Crippen LogP contribution >= 0.6 is 19.4 Å². The fourth-order valence-electron chi connectivity index (χ4n) is 3.09. The van der Waals surface area contributed by atoms with E-state index in [9.17, 15) is 9.59 Å². The van der Waals surface area contributed by atoms with Crippen LogP contribution in [0.4, 0.5) is 4.79 Å². The van der Waals surface area contributed by atoms with Gasteiger partial charge >= 0.3 is 19.2 Å². The third-order valence-electron chi connectivity index (χ3n) is 5.37. The molecular weight excluding hydrogens is 464 g/mol. The Labute approximate surface area is 202 Å². The maximum Gasteiger partial charge on any atom is 0.494 e. The van der Waals surface area contributed by atoms with Crippen LogP contribution in [0.1, 0.15) is 54.0 Å². The molecule has 0 radical (unpaired) electrons. The Morgan fingerprint density at radius 2 is 1.73 bits per heavy atom. The van der Waals surface area contributed by atoms with Gasteiger partial charge in [-0.1, -0.05) is 17.4 Å². The van der Waals surface area contributed by atoms with Crippen molar-refractivity contribution in [1.29, 1.82) is 0 Å². The van der Waals surface area contributed by atoms with Crippen molar-refractivity contribution in [1.82, 2.24) is 5.32 Å². The zero-order valence-corrected chi connectivity index (χ0v) is 22.7. The number of ether oxygens (including phenoxy) is 2. The predicted molar refractivity (Wildman–Crippen MR) is 132 cm³/mol. The van der Waals surface area contributed by atoms with Gasteiger partial charge in [0.25, 0.3) is 0 Å². The molecule has 1 amide bonds. The Morgan fingerprint density at radius 1 is 1.12 bits per heavy atom. The number of rotatable bonds is 8. The van der Waals surface area contributed by atoms with Crippen molar-refractivity contribution in [3.8, 4) is 0 Å². The van der Waals surface area contributed by atoms with Crippen molar-refractivity contribution in [3.63, 3.8) is 0 Å². The van der Waals surface area contributed by atoms with Gasteiger partial charge in [0.2, 0.25) is 0 Å². The normalized spacial score (nSPS) is 18.4. The first kappa shape index (κ1) is 27.9. The van der Waals surface area contributed by atoms with Crippen molar-refractivity contribution in [2.24, 2.45) is 0 Å². The molecule has 1 aromatic carbocycles. The number of hydrogen-bond acceptors (Lipinski definition) is 8. The molecule has 8 nitrogen and oxygen atoms in total. The van der Waals surface area contributed by atoms with E-state index in [1.54, 1.807) is 27.9 Å². The average molecular weight is 499 g/mol. The van der Waals surface area contributed by atoms with Crippen LogP contribution in [0.2, 0.25) is 0 Å². The van der Waals surface area contributed by atoms with Crippen LogP contribution in [-0.2, 0) is 34.5 Å². The van der Waals surface area contributed by atoms with Crippen molar-refractivity contribution < 1.29 is 32.9 Å². The number of esters is 1. The number of alkyl carbamates (subject to hydrolysis) is 1. The van der Waals surface area contributed by atoms with Gasteiger partial charge in [0, 0.05) is 18.4 Å². The van der Waals surface area contributed by atoms with E-state index >= 15 is 0 Å². The molecule has 2 rings (SSSR count). The lowest BCUT2D eigenvalue weighted by Gasteiger charge is -2.32. The van der Waals surface area contributed by atoms with E-state index < -0.39 is 42.0 Å². The highest BCUT2D eigenvalue weighted by atomic mass is 32.7. The lowest BCUT2D eigenvalue weighted by Crippen LogP contribution is -2.45. The molecule has 1 aliphatic rings. The summed E-state index contributed by atoms with van der Waals surface area (Å²) in [5.41, 5.74) is -0.0104. The van der Waals surface area contributed by atoms with Crippen LogP contribution in [0, 0.1) is 0 Å². The summed E-state index contributed by atoms with van der Waals surface area (Å²) in [7, 11) is 2.58. The SMILES string of the molecule is COPSc1cc(CC(NC(=O)OC(C)(C)C)C(=O)OC)cc(B2OC(C)(C)C(C)(C)O2)c1. The highest BCUT2D eigenvalue weighted by Crippen LogP contribution is 2.39. The monoisotopic (exact) mass is 499 g/mol. The Hall–Kier alpha value is -1.32. The minimum absolute atomic E-state index is 0.208. The van der Waals surface area contributed by atoms with E-state index in [1.165, 1.54) is 18.5 Å². The second-order valence-electron chi connectivity index (χ2n) is 9.81. The van der Waals surface area contributed by atoms with Crippen molar-refractivity contribution in [2.45, 2.75) is 82.6 Å². The number of carbonyl (C=O) groups excluding carboxylic acids is 2. The topological polar surface area (TPSA) is 92.3 Å². The molecule has 11 heteroatoms. The number of amides is 1. The maximum absolute atomic E-state index is 12.4. The zero-order chi connectivity index (χ0) is 25.0. The molecule has 1 fully saturated rings. The van der Waals surface area contributed by atoms with Gasteiger partial charge in [0.15, 0.2) is 0 Å². The summed E-state index contributed by atoms with van der Waals surface area (Å²) in [6, 6.07) is 4.96. The molecule has 1 saturated heterocycles. The van der Waals surface area contributed by atoms with Crippen LogP contribution in [-0.4, -0.2) is 56.2 Å². The van der Waals surface area contributed by atoms with Crippen molar-refractivity contribution in [3.05, 3.63) is 23.8 Å². The quantitative estimate of drug-likeness (QED) is 0.328. The lowest BCUT2D eigenvalue weighted by molar-refractivity contribution is -0.143. The van der Waals surface area contributed by atoms with E-state index in [1.807, 2.05) is 45.9 Å². The largest absolute Gasteiger partial charge is 0.494 e. The fourth-order valence-corrected chi connectivity index (χ4v) is 4.57. The van der Waals surface area contributed by atoms with Crippen molar-refractivity contribution in [2.75, 3.05) is 14.2 Å². The smallest absolute Gasteiger partial charge is 0.467 e. The van der Waals surface area contributed by atoms with Gasteiger partial charge in [-0.05, 0) is 71.6 Å². The van der Waals surface area contributed by atoms with Gasteiger partial charge in [-0.3, -0.25) is 0 Å². The molecule has 2 atom stereocenters. The Balaban J connectivity index is 2.33. The molecule has 33 heavy (non-hydrogen) atoms. The third kappa shape index (κ3) is 7.86. The molecule has 0 bridgehead atoms. The summed E-state index contributed by atoms with van der Waals surface area (Å²) in [6.07, 6.45) is -0.474. The van der Waals surface area contributed by atoms with E-state index in [4.69, 9.17) is 23.3 Å². The molecule has 1 aromatic rings. The predicted octanol–water partition coefficient (Wildman–Crippen LogP) is 3.84. The van der Waals surface area contributed by atoms with E-state index in [-0.39, 0.29) is 14.4 Å². The van der Waals surface area contributed by atoms with Crippen molar-refractivity contribution >= 4 is 44.0 Å². The molecule has 184 valence electrons. The minimum Gasteiger partial charge on any atom is -0.467 e. The number of benzene rings is 1. The number of carbonyl (C=O) groups is 2. The summed E-state index contributed by atoms with van der Waals surface area (Å²) in [4.78, 5) is 25.7. The standard InChI is InChI=1S/C22H35BNO7PS/c1-20(2,3)29-19(26)24-17(18(25)27-8)12-14-10-15(13-16(11-14)33-32-28-9)23-30-21(4,5)22(6,7)31-23/h10-11,13,17,32H,12H2,1-9H3,(H,24,26). The van der Waals surface area contributed by atoms with Gasteiger partial charge in [0.05, 0.1) is 26.3 Å². The summed E-state index contributed by atoms with van der Waals surface area (Å²) < 4.78 is 27.9. The van der Waals surface area contributed by atoms with Gasteiger partial charge in [-0.2, -0.15) is 0 Å². The molecular formula is C22H35BNO7PS. The summed E-state index contributed by atoms with van der Waals surface area (Å²) in [5, 5.41) is 2.62. The van der Waals surface area contributed by atoms with E-state index in [2.05, 4.69) is 5.32 Å². The summed E-state index contributed by atoms with van der Waals surface area (Å²) >= 11 is 1.54. The van der Waals surface area contributed by atoms with E-state index in [0.717, 1.165) is 15.9 Å². The van der Waals surface area contributed by atoms with Crippen LogP contribution in [0.15, 0.2) is 23.1 Å². The average Bonchev–Trinajstić information content (AvgIpc) is 2.91. The highest BCUT2D eigenvalue weighted by Gasteiger charge is 2.51. The molecule has 1 aliphatic heterocycles. The first-order valence-corrected chi connectivity index (χ1v) is 13.1. The third-order valence-corrected chi connectivity index (χ3v) is 7.55. The molecule has 1 heterocycles. The lowest BCUT2D eigenvalue weighted by atomic mass is 9.78. The number of methoxy groups -OCH3 is 1. The van der Waals surface area contributed by atoms with Gasteiger partial charge in [-0.15, -0.1) is 0 Å². The Bertz CT molecular complexity index is 844. The molecule has 1 N–H and O–H groups in total. The van der Waals surface area contributed by atoms with Crippen LogP contribution in [0.3, 0.4) is 0 Å². The van der Waals surface area contributed by atoms with Crippen LogP contribution < -0.4 is 10.8 Å². The summed E-state index contributed by atoms with van der Waals surface area (Å²) in [5.74, 6) is -0.560. The Kier molecular flexibility index (Phi) is 9.27. The first-order chi connectivity index (χ1) is 15.2. The molecule has 0 spiro atoms. The van der Waals surface area contributed by atoms with Crippen LogP contribution in [0.25, 0.3) is 0 Å².